The second kappa shape index (κ2) is 9.76. The van der Waals surface area contributed by atoms with E-state index in [9.17, 15) is 17.4 Å². The highest BCUT2D eigenvalue weighted by Crippen LogP contribution is 2.42. The Labute approximate surface area is 208 Å². The monoisotopic (exact) mass is 522 g/mol. The summed E-state index contributed by atoms with van der Waals surface area (Å²) in [5.74, 6) is -2.53. The summed E-state index contributed by atoms with van der Waals surface area (Å²) in [6, 6.07) is 5.32. The Balaban J connectivity index is 1.80. The van der Waals surface area contributed by atoms with E-state index in [2.05, 4.69) is 19.6 Å². The van der Waals surface area contributed by atoms with E-state index in [1.54, 1.807) is 18.6 Å². The van der Waals surface area contributed by atoms with Gasteiger partial charge in [0, 0.05) is 46.2 Å². The fourth-order valence-corrected chi connectivity index (χ4v) is 4.17. The molecule has 0 spiro atoms. The first-order valence-electron chi connectivity index (χ1n) is 11.5. The molecule has 0 bridgehead atoms. The lowest BCUT2D eigenvalue weighted by molar-refractivity contribution is -0.0716. The second-order valence-corrected chi connectivity index (χ2v) is 12.0. The van der Waals surface area contributed by atoms with Gasteiger partial charge in [0.05, 0.1) is 17.8 Å². The zero-order valence-electron chi connectivity index (χ0n) is 20.8. The van der Waals surface area contributed by atoms with Crippen LogP contribution >= 0.6 is 0 Å². The summed E-state index contributed by atoms with van der Waals surface area (Å²) < 4.78 is 69.9. The highest BCUT2D eigenvalue weighted by Gasteiger charge is 2.33. The molecule has 1 aromatic heterocycles. The molecular formula is C25H29F3N4O3S. The van der Waals surface area contributed by atoms with Crippen molar-refractivity contribution in [3.8, 4) is 11.5 Å². The highest BCUT2D eigenvalue weighted by atomic mass is 32.2. The molecule has 1 aliphatic rings. The number of benzene rings is 2. The van der Waals surface area contributed by atoms with E-state index in [0.29, 0.717) is 46.2 Å². The maximum absolute atomic E-state index is 14.0. The Bertz CT molecular complexity index is 1410. The predicted octanol–water partition coefficient (Wildman–Crippen LogP) is 6.39. The van der Waals surface area contributed by atoms with Crippen molar-refractivity contribution in [2.24, 2.45) is 10.3 Å². The van der Waals surface area contributed by atoms with Crippen LogP contribution in [-0.4, -0.2) is 45.3 Å². The quantitative estimate of drug-likeness (QED) is 0.350. The van der Waals surface area contributed by atoms with Crippen LogP contribution < -0.4 is 14.8 Å². The minimum absolute atomic E-state index is 0.0815. The first-order valence-corrected chi connectivity index (χ1v) is 13.8. The SMILES string of the molecule is Cc1c(OCC2CC2)c(N=S(C)(C)=O)cc2ncnc(Nc3ccc(F)cc3O[C@H](C)C(C)(F)F)c12. The number of hydrogen-bond acceptors (Lipinski definition) is 7. The molecule has 0 unspecified atom stereocenters. The summed E-state index contributed by atoms with van der Waals surface area (Å²) in [6.45, 7) is 4.29. The summed E-state index contributed by atoms with van der Waals surface area (Å²) in [5.41, 5.74) is 1.89. The van der Waals surface area contributed by atoms with Crippen molar-refractivity contribution in [1.29, 1.82) is 0 Å². The van der Waals surface area contributed by atoms with E-state index in [1.807, 2.05) is 6.92 Å². The Morgan fingerprint density at radius 1 is 1.25 bits per heavy atom. The minimum atomic E-state index is -3.13. The number of nitrogens with zero attached hydrogens (tertiary/aromatic N) is 3. The molecule has 0 saturated heterocycles. The first kappa shape index (κ1) is 26.0. The number of halogens is 3. The molecule has 3 aromatic rings. The van der Waals surface area contributed by atoms with E-state index in [0.717, 1.165) is 25.8 Å². The van der Waals surface area contributed by atoms with Gasteiger partial charge in [0.15, 0.2) is 6.10 Å². The molecular weight excluding hydrogens is 493 g/mol. The van der Waals surface area contributed by atoms with E-state index in [4.69, 9.17) is 9.47 Å². The van der Waals surface area contributed by atoms with Crippen molar-refractivity contribution in [3.63, 3.8) is 0 Å². The molecule has 1 aliphatic carbocycles. The van der Waals surface area contributed by atoms with Crippen LogP contribution in [0, 0.1) is 18.7 Å². The number of anilines is 2. The predicted molar refractivity (Wildman–Crippen MR) is 135 cm³/mol. The van der Waals surface area contributed by atoms with Crippen molar-refractivity contribution in [3.05, 3.63) is 42.0 Å². The lowest BCUT2D eigenvalue weighted by atomic mass is 10.1. The van der Waals surface area contributed by atoms with Crippen molar-refractivity contribution in [1.82, 2.24) is 9.97 Å². The molecule has 1 saturated carbocycles. The number of nitrogens with one attached hydrogen (secondary N) is 1. The van der Waals surface area contributed by atoms with Crippen LogP contribution in [0.4, 0.5) is 30.4 Å². The van der Waals surface area contributed by atoms with Crippen LogP contribution in [-0.2, 0) is 9.73 Å². The summed E-state index contributed by atoms with van der Waals surface area (Å²) in [5, 5.41) is 3.68. The molecule has 7 nitrogen and oxygen atoms in total. The van der Waals surface area contributed by atoms with E-state index in [1.165, 1.54) is 25.4 Å². The minimum Gasteiger partial charge on any atom is -0.491 e. The molecule has 0 amide bonds. The first-order chi connectivity index (χ1) is 16.8. The van der Waals surface area contributed by atoms with Gasteiger partial charge in [-0.1, -0.05) is 0 Å². The molecule has 11 heteroatoms. The number of hydrogen-bond donors (Lipinski definition) is 1. The molecule has 194 valence electrons. The summed E-state index contributed by atoms with van der Waals surface area (Å²) in [6.07, 6.45) is 5.11. The molecule has 0 aliphatic heterocycles. The third-order valence-corrected chi connectivity index (χ3v) is 6.43. The van der Waals surface area contributed by atoms with Crippen LogP contribution in [0.2, 0.25) is 0 Å². The topological polar surface area (TPSA) is 85.7 Å². The third kappa shape index (κ3) is 6.18. The summed E-state index contributed by atoms with van der Waals surface area (Å²) in [4.78, 5) is 8.70. The lowest BCUT2D eigenvalue weighted by Gasteiger charge is -2.23. The van der Waals surface area contributed by atoms with Gasteiger partial charge < -0.3 is 14.8 Å². The van der Waals surface area contributed by atoms with Gasteiger partial charge in [0.1, 0.15) is 35.1 Å². The Morgan fingerprint density at radius 2 is 1.97 bits per heavy atom. The maximum atomic E-state index is 14.0. The molecule has 36 heavy (non-hydrogen) atoms. The Kier molecular flexibility index (Phi) is 7.05. The maximum Gasteiger partial charge on any atom is 0.281 e. The van der Waals surface area contributed by atoms with Crippen LogP contribution in [0.5, 0.6) is 11.5 Å². The van der Waals surface area contributed by atoms with Gasteiger partial charge in [-0.3, -0.25) is 0 Å². The fourth-order valence-electron chi connectivity index (χ4n) is 3.56. The van der Waals surface area contributed by atoms with Gasteiger partial charge in [0.25, 0.3) is 5.92 Å². The van der Waals surface area contributed by atoms with E-state index < -0.39 is 27.6 Å². The number of alkyl halides is 2. The normalized spacial score (nSPS) is 15.0. The van der Waals surface area contributed by atoms with Crippen molar-refractivity contribution < 1.29 is 26.9 Å². The average molecular weight is 523 g/mol. The number of ether oxygens (including phenoxy) is 2. The molecule has 1 atom stereocenters. The fraction of sp³-hybridized carbons (Fsp3) is 0.440. The van der Waals surface area contributed by atoms with Gasteiger partial charge in [0.2, 0.25) is 0 Å². The largest absolute Gasteiger partial charge is 0.491 e. The smallest absolute Gasteiger partial charge is 0.281 e. The standard InChI is InChI=1S/C25H29F3N4O3S/c1-14-22-19(11-20(32-36(4,5)33)23(14)34-12-16-6-7-16)29-13-30-24(22)31-18-9-8-17(26)10-21(18)35-15(2)25(3,27)28/h8-11,13,15-16H,6-7,12H2,1-5H3,(H,29,30,31)/t15-/m1/s1. The molecule has 0 radical (unpaired) electrons. The molecule has 1 heterocycles. The summed E-state index contributed by atoms with van der Waals surface area (Å²) in [7, 11) is -2.48. The zero-order chi connectivity index (χ0) is 26.3. The van der Waals surface area contributed by atoms with Crippen LogP contribution in [0.15, 0.2) is 35.0 Å². The molecule has 2 aromatic carbocycles. The van der Waals surface area contributed by atoms with Gasteiger partial charge >= 0.3 is 0 Å². The molecule has 1 fully saturated rings. The number of fused-ring (bicyclic) bond motifs is 1. The van der Waals surface area contributed by atoms with E-state index >= 15 is 0 Å². The number of aryl methyl sites for hydroxylation is 1. The average Bonchev–Trinajstić information content (AvgIpc) is 3.58. The molecule has 4 rings (SSSR count). The van der Waals surface area contributed by atoms with Gasteiger partial charge in [-0.05, 0) is 50.8 Å². The zero-order valence-corrected chi connectivity index (χ0v) is 21.6. The van der Waals surface area contributed by atoms with E-state index in [-0.39, 0.29) is 11.4 Å². The van der Waals surface area contributed by atoms with Crippen molar-refractivity contribution in [2.45, 2.75) is 45.6 Å². The van der Waals surface area contributed by atoms with Gasteiger partial charge in [-0.25, -0.2) is 27.3 Å². The van der Waals surface area contributed by atoms with Crippen molar-refractivity contribution in [2.75, 3.05) is 24.4 Å². The Morgan fingerprint density at radius 3 is 2.61 bits per heavy atom. The van der Waals surface area contributed by atoms with Gasteiger partial charge in [-0.2, -0.15) is 4.36 Å². The van der Waals surface area contributed by atoms with Crippen molar-refractivity contribution >= 4 is 37.8 Å². The van der Waals surface area contributed by atoms with Crippen LogP contribution in [0.25, 0.3) is 10.9 Å². The molecule has 1 N–H and O–H groups in total. The summed E-state index contributed by atoms with van der Waals surface area (Å²) >= 11 is 0. The number of aromatic nitrogens is 2. The second-order valence-electron chi connectivity index (χ2n) is 9.47. The van der Waals surface area contributed by atoms with Crippen LogP contribution in [0.3, 0.4) is 0 Å². The number of rotatable bonds is 9. The lowest BCUT2D eigenvalue weighted by Crippen LogP contribution is -2.32. The third-order valence-electron chi connectivity index (χ3n) is 5.79. The Hall–Kier alpha value is -3.08. The van der Waals surface area contributed by atoms with Gasteiger partial charge in [-0.15, -0.1) is 0 Å². The van der Waals surface area contributed by atoms with Crippen LogP contribution in [0.1, 0.15) is 32.3 Å². The highest BCUT2D eigenvalue weighted by molar-refractivity contribution is 7.92.